The number of hydrogen-bond donors (Lipinski definition) is 1. The predicted molar refractivity (Wildman–Crippen MR) is 71.3 cm³/mol. The second kappa shape index (κ2) is 7.56. The van der Waals surface area contributed by atoms with Crippen molar-refractivity contribution in [3.05, 3.63) is 12.7 Å². The van der Waals surface area contributed by atoms with Crippen molar-refractivity contribution in [1.29, 1.82) is 0 Å². The molecule has 0 aliphatic heterocycles. The van der Waals surface area contributed by atoms with E-state index in [2.05, 4.69) is 11.9 Å². The summed E-state index contributed by atoms with van der Waals surface area (Å²) in [6.07, 6.45) is 1.14. The number of rotatable bonds is 6. The van der Waals surface area contributed by atoms with Crippen LogP contribution in [0.5, 0.6) is 0 Å². The summed E-state index contributed by atoms with van der Waals surface area (Å²) in [4.78, 5) is 35.6. The molecular weight excluding hydrogens is 248 g/mol. The van der Waals surface area contributed by atoms with Gasteiger partial charge in [0.2, 0.25) is 11.8 Å². The van der Waals surface area contributed by atoms with Crippen LogP contribution in [0.4, 0.5) is 0 Å². The van der Waals surface area contributed by atoms with E-state index >= 15 is 0 Å². The SMILES string of the molecule is C=CC(=O)N(CC)CC(=O)NCC(=O)OC(C)(C)C. The fourth-order valence-corrected chi connectivity index (χ4v) is 1.25. The van der Waals surface area contributed by atoms with Crippen LogP contribution in [-0.4, -0.2) is 47.9 Å². The molecule has 0 rings (SSSR count). The molecule has 0 aromatic rings. The van der Waals surface area contributed by atoms with Crippen molar-refractivity contribution in [2.45, 2.75) is 33.3 Å². The standard InChI is InChI=1S/C13H22N2O4/c1-6-11(17)15(7-2)9-10(16)14-8-12(18)19-13(3,4)5/h6H,1,7-9H2,2-5H3,(H,14,16). The highest BCUT2D eigenvalue weighted by atomic mass is 16.6. The van der Waals surface area contributed by atoms with Crippen LogP contribution in [0.3, 0.4) is 0 Å². The molecule has 0 heterocycles. The first-order valence-electron chi connectivity index (χ1n) is 6.09. The summed E-state index contributed by atoms with van der Waals surface area (Å²) in [5.41, 5.74) is -0.587. The van der Waals surface area contributed by atoms with Crippen LogP contribution >= 0.6 is 0 Å². The first-order chi connectivity index (χ1) is 8.69. The van der Waals surface area contributed by atoms with Crippen LogP contribution in [0.2, 0.25) is 0 Å². The van der Waals surface area contributed by atoms with E-state index in [1.54, 1.807) is 27.7 Å². The van der Waals surface area contributed by atoms with Gasteiger partial charge >= 0.3 is 5.97 Å². The number of likely N-dealkylation sites (N-methyl/N-ethyl adjacent to an activating group) is 1. The van der Waals surface area contributed by atoms with Gasteiger partial charge in [0.05, 0.1) is 6.54 Å². The van der Waals surface area contributed by atoms with Crippen LogP contribution < -0.4 is 5.32 Å². The molecule has 0 atom stereocenters. The molecule has 0 aromatic heterocycles. The number of amides is 2. The minimum absolute atomic E-state index is 0.107. The Morgan fingerprint density at radius 3 is 2.32 bits per heavy atom. The summed E-state index contributed by atoms with van der Waals surface area (Å²) < 4.78 is 5.04. The van der Waals surface area contributed by atoms with Crippen molar-refractivity contribution in [1.82, 2.24) is 10.2 Å². The predicted octanol–water partition coefficient (Wildman–Crippen LogP) is 0.479. The molecule has 0 aliphatic rings. The number of nitrogens with one attached hydrogen (secondary N) is 1. The third-order valence-corrected chi connectivity index (χ3v) is 2.05. The Bertz CT molecular complexity index is 358. The van der Waals surface area contributed by atoms with E-state index in [-0.39, 0.29) is 19.0 Å². The molecule has 1 N–H and O–H groups in total. The third-order valence-electron chi connectivity index (χ3n) is 2.05. The van der Waals surface area contributed by atoms with Crippen molar-refractivity contribution in [3.63, 3.8) is 0 Å². The molecule has 0 bridgehead atoms. The first-order valence-corrected chi connectivity index (χ1v) is 6.09. The van der Waals surface area contributed by atoms with Gasteiger partial charge in [-0.3, -0.25) is 14.4 Å². The molecule has 0 unspecified atom stereocenters. The van der Waals surface area contributed by atoms with E-state index in [9.17, 15) is 14.4 Å². The Labute approximate surface area is 113 Å². The second-order valence-corrected chi connectivity index (χ2v) is 4.92. The minimum atomic E-state index is -0.587. The van der Waals surface area contributed by atoms with E-state index < -0.39 is 17.5 Å². The van der Waals surface area contributed by atoms with Gasteiger partial charge in [-0.2, -0.15) is 0 Å². The maximum atomic E-state index is 11.6. The van der Waals surface area contributed by atoms with E-state index in [1.807, 2.05) is 0 Å². The second-order valence-electron chi connectivity index (χ2n) is 4.92. The zero-order valence-corrected chi connectivity index (χ0v) is 12.0. The first kappa shape index (κ1) is 17.2. The Morgan fingerprint density at radius 2 is 1.89 bits per heavy atom. The molecule has 0 fully saturated rings. The zero-order valence-electron chi connectivity index (χ0n) is 12.0. The molecule has 2 amide bonds. The molecule has 108 valence electrons. The summed E-state index contributed by atoms with van der Waals surface area (Å²) in [6.45, 7) is 10.4. The van der Waals surface area contributed by atoms with Gasteiger partial charge in [-0.15, -0.1) is 0 Å². The summed E-state index contributed by atoms with van der Waals surface area (Å²) in [7, 11) is 0. The summed E-state index contributed by atoms with van der Waals surface area (Å²) >= 11 is 0. The molecule has 6 nitrogen and oxygen atoms in total. The Morgan fingerprint density at radius 1 is 1.32 bits per heavy atom. The maximum Gasteiger partial charge on any atom is 0.325 e. The quantitative estimate of drug-likeness (QED) is 0.562. The van der Waals surface area contributed by atoms with Crippen LogP contribution in [0.25, 0.3) is 0 Å². The molecule has 19 heavy (non-hydrogen) atoms. The van der Waals surface area contributed by atoms with Gasteiger partial charge in [0.1, 0.15) is 12.1 Å². The molecule has 0 radical (unpaired) electrons. The van der Waals surface area contributed by atoms with E-state index in [0.29, 0.717) is 6.54 Å². The van der Waals surface area contributed by atoms with Crippen LogP contribution in [0.15, 0.2) is 12.7 Å². The Balaban J connectivity index is 4.15. The smallest absolute Gasteiger partial charge is 0.325 e. The van der Waals surface area contributed by atoms with Crippen molar-refractivity contribution in [2.24, 2.45) is 0 Å². The van der Waals surface area contributed by atoms with E-state index in [1.165, 1.54) is 4.90 Å². The lowest BCUT2D eigenvalue weighted by Crippen LogP contribution is -2.42. The molecule has 0 saturated heterocycles. The molecular formula is C13H22N2O4. The molecule has 0 spiro atoms. The van der Waals surface area contributed by atoms with Crippen LogP contribution in [0.1, 0.15) is 27.7 Å². The topological polar surface area (TPSA) is 75.7 Å². The summed E-state index contributed by atoms with van der Waals surface area (Å²) in [6, 6.07) is 0. The number of esters is 1. The van der Waals surface area contributed by atoms with Crippen LogP contribution in [0, 0.1) is 0 Å². The van der Waals surface area contributed by atoms with Crippen molar-refractivity contribution < 1.29 is 19.1 Å². The molecule has 0 aromatic carbocycles. The Kier molecular flexibility index (Phi) is 6.82. The summed E-state index contributed by atoms with van der Waals surface area (Å²) in [5, 5.41) is 2.41. The number of hydrogen-bond acceptors (Lipinski definition) is 4. The highest BCUT2D eigenvalue weighted by Crippen LogP contribution is 2.06. The zero-order chi connectivity index (χ0) is 15.1. The molecule has 0 aliphatic carbocycles. The lowest BCUT2D eigenvalue weighted by Gasteiger charge is -2.20. The average molecular weight is 270 g/mol. The number of nitrogens with zero attached hydrogens (tertiary/aromatic N) is 1. The average Bonchev–Trinajstić information content (AvgIpc) is 2.30. The fraction of sp³-hybridized carbons (Fsp3) is 0.615. The fourth-order valence-electron chi connectivity index (χ4n) is 1.25. The molecule has 6 heteroatoms. The van der Waals surface area contributed by atoms with Crippen molar-refractivity contribution in [3.8, 4) is 0 Å². The lowest BCUT2D eigenvalue weighted by atomic mass is 10.2. The van der Waals surface area contributed by atoms with Gasteiger partial charge in [0.15, 0.2) is 0 Å². The third kappa shape index (κ3) is 7.96. The van der Waals surface area contributed by atoms with Gasteiger partial charge in [-0.1, -0.05) is 6.58 Å². The van der Waals surface area contributed by atoms with Gasteiger partial charge in [-0.25, -0.2) is 0 Å². The summed E-state index contributed by atoms with van der Waals surface area (Å²) in [5.74, 6) is -1.25. The van der Waals surface area contributed by atoms with Gasteiger partial charge in [0, 0.05) is 6.54 Å². The number of carbonyl (C=O) groups excluding carboxylic acids is 3. The van der Waals surface area contributed by atoms with E-state index in [0.717, 1.165) is 6.08 Å². The van der Waals surface area contributed by atoms with E-state index in [4.69, 9.17) is 4.74 Å². The number of ether oxygens (including phenoxy) is 1. The van der Waals surface area contributed by atoms with Crippen LogP contribution in [-0.2, 0) is 19.1 Å². The molecule has 0 saturated carbocycles. The van der Waals surface area contributed by atoms with Gasteiger partial charge in [0.25, 0.3) is 0 Å². The number of carbonyl (C=O) groups is 3. The van der Waals surface area contributed by atoms with Gasteiger partial charge in [-0.05, 0) is 33.8 Å². The van der Waals surface area contributed by atoms with Crippen molar-refractivity contribution in [2.75, 3.05) is 19.6 Å². The van der Waals surface area contributed by atoms with Gasteiger partial charge < -0.3 is 15.0 Å². The Hall–Kier alpha value is -1.85. The maximum absolute atomic E-state index is 11.6. The monoisotopic (exact) mass is 270 g/mol. The largest absolute Gasteiger partial charge is 0.459 e. The minimum Gasteiger partial charge on any atom is -0.459 e. The highest BCUT2D eigenvalue weighted by Gasteiger charge is 2.18. The highest BCUT2D eigenvalue weighted by molar-refractivity contribution is 5.91. The lowest BCUT2D eigenvalue weighted by molar-refractivity contribution is -0.154. The van der Waals surface area contributed by atoms with Crippen molar-refractivity contribution >= 4 is 17.8 Å². The normalized spacial score (nSPS) is 10.5.